The maximum Gasteiger partial charge on any atom is 0.257 e. The highest BCUT2D eigenvalue weighted by Gasteiger charge is 2.55. The Morgan fingerprint density at radius 3 is 2.56 bits per heavy atom. The average molecular weight is 344 g/mol. The Morgan fingerprint density at radius 2 is 1.92 bits per heavy atom. The molecule has 0 aromatic carbocycles. The van der Waals surface area contributed by atoms with E-state index in [0.717, 1.165) is 64.0 Å². The Hall–Kier alpha value is -1.89. The second-order valence-corrected chi connectivity index (χ2v) is 7.60. The molecule has 25 heavy (non-hydrogen) atoms. The van der Waals surface area contributed by atoms with Crippen molar-refractivity contribution in [2.75, 3.05) is 24.5 Å². The average Bonchev–Trinajstić information content (AvgIpc) is 3.15. The number of carbonyl (C=O) groups is 1. The third-order valence-electron chi connectivity index (χ3n) is 6.07. The summed E-state index contributed by atoms with van der Waals surface area (Å²) < 4.78 is 11.9. The normalized spacial score (nSPS) is 28.3. The molecule has 4 heterocycles. The van der Waals surface area contributed by atoms with Crippen LogP contribution in [0.5, 0.6) is 5.88 Å². The molecule has 0 bridgehead atoms. The molecule has 7 heteroatoms. The summed E-state index contributed by atoms with van der Waals surface area (Å²) in [7, 11) is 0. The van der Waals surface area contributed by atoms with Gasteiger partial charge in [0, 0.05) is 38.5 Å². The van der Waals surface area contributed by atoms with Gasteiger partial charge in [-0.3, -0.25) is 4.79 Å². The van der Waals surface area contributed by atoms with Gasteiger partial charge in [-0.05, 0) is 38.2 Å². The largest absolute Gasteiger partial charge is 0.473 e. The van der Waals surface area contributed by atoms with Crippen LogP contribution in [0.25, 0.3) is 0 Å². The zero-order valence-corrected chi connectivity index (χ0v) is 14.4. The maximum atomic E-state index is 12.7. The van der Waals surface area contributed by atoms with Crippen molar-refractivity contribution in [3.05, 3.63) is 12.1 Å². The lowest BCUT2D eigenvalue weighted by atomic mass is 9.90. The Balaban J connectivity index is 1.22. The first kappa shape index (κ1) is 15.4. The Morgan fingerprint density at radius 1 is 1.08 bits per heavy atom. The van der Waals surface area contributed by atoms with E-state index in [4.69, 9.17) is 9.47 Å². The number of nitrogens with zero attached hydrogens (tertiary/aromatic N) is 4. The fraction of sp³-hybridized carbons (Fsp3) is 0.722. The summed E-state index contributed by atoms with van der Waals surface area (Å²) in [6.07, 6.45) is 7.28. The number of fused-ring (bicyclic) bond motifs is 1. The van der Waals surface area contributed by atoms with E-state index in [0.29, 0.717) is 12.0 Å². The number of rotatable bonds is 3. The van der Waals surface area contributed by atoms with Gasteiger partial charge in [0.25, 0.3) is 5.91 Å². The SMILES string of the molecule is O=C1N2CCCC2OC12CCN(c1ccc(OC3CCC3)nn1)CC2. The molecule has 0 N–H and O–H groups in total. The van der Waals surface area contributed by atoms with Crippen LogP contribution < -0.4 is 9.64 Å². The highest BCUT2D eigenvalue weighted by Crippen LogP contribution is 2.40. The van der Waals surface area contributed by atoms with Crippen LogP contribution in [0, 0.1) is 0 Å². The predicted octanol–water partition coefficient (Wildman–Crippen LogP) is 1.73. The number of aromatic nitrogens is 2. The van der Waals surface area contributed by atoms with Crippen molar-refractivity contribution in [2.45, 2.75) is 62.9 Å². The van der Waals surface area contributed by atoms with Crippen LogP contribution in [0.15, 0.2) is 12.1 Å². The smallest absolute Gasteiger partial charge is 0.257 e. The van der Waals surface area contributed by atoms with E-state index in [-0.39, 0.29) is 12.1 Å². The minimum atomic E-state index is -0.595. The summed E-state index contributed by atoms with van der Waals surface area (Å²) in [5, 5.41) is 8.53. The second kappa shape index (κ2) is 5.83. The first-order valence-corrected chi connectivity index (χ1v) is 9.48. The van der Waals surface area contributed by atoms with Crippen molar-refractivity contribution in [1.29, 1.82) is 0 Å². The van der Waals surface area contributed by atoms with Gasteiger partial charge in [0.05, 0.1) is 0 Å². The van der Waals surface area contributed by atoms with Gasteiger partial charge in [0.1, 0.15) is 12.3 Å². The van der Waals surface area contributed by atoms with Crippen LogP contribution in [-0.4, -0.2) is 58.6 Å². The molecule has 1 spiro atoms. The highest BCUT2D eigenvalue weighted by molar-refractivity contribution is 5.87. The number of hydrogen-bond donors (Lipinski definition) is 0. The van der Waals surface area contributed by atoms with E-state index in [2.05, 4.69) is 15.1 Å². The van der Waals surface area contributed by atoms with E-state index in [9.17, 15) is 4.79 Å². The molecule has 5 rings (SSSR count). The number of hydrogen-bond acceptors (Lipinski definition) is 6. The minimum absolute atomic E-state index is 0.0155. The van der Waals surface area contributed by atoms with E-state index >= 15 is 0 Å². The first-order chi connectivity index (χ1) is 12.2. The number of amides is 1. The molecule has 1 aromatic rings. The molecule has 1 unspecified atom stereocenters. The molecule has 3 aliphatic heterocycles. The quantitative estimate of drug-likeness (QED) is 0.832. The molecule has 4 fully saturated rings. The summed E-state index contributed by atoms with van der Waals surface area (Å²) in [5.41, 5.74) is -0.595. The number of piperidine rings is 1. The van der Waals surface area contributed by atoms with Crippen LogP contribution in [0.3, 0.4) is 0 Å². The Labute approximate surface area is 147 Å². The second-order valence-electron chi connectivity index (χ2n) is 7.60. The molecular formula is C18H24N4O3. The third kappa shape index (κ3) is 2.56. The number of carbonyl (C=O) groups excluding carboxylic acids is 1. The minimum Gasteiger partial charge on any atom is -0.473 e. The zero-order chi connectivity index (χ0) is 16.9. The van der Waals surface area contributed by atoms with Crippen molar-refractivity contribution in [3.8, 4) is 5.88 Å². The monoisotopic (exact) mass is 344 g/mol. The van der Waals surface area contributed by atoms with Gasteiger partial charge in [0.15, 0.2) is 11.4 Å². The molecule has 134 valence electrons. The van der Waals surface area contributed by atoms with Crippen LogP contribution in [0.2, 0.25) is 0 Å². The summed E-state index contributed by atoms with van der Waals surface area (Å²) in [6.45, 7) is 2.39. The van der Waals surface area contributed by atoms with Crippen molar-refractivity contribution in [2.24, 2.45) is 0 Å². The van der Waals surface area contributed by atoms with Gasteiger partial charge in [-0.25, -0.2) is 0 Å². The van der Waals surface area contributed by atoms with Gasteiger partial charge in [-0.1, -0.05) is 0 Å². The van der Waals surface area contributed by atoms with E-state index < -0.39 is 5.60 Å². The van der Waals surface area contributed by atoms with Gasteiger partial charge in [0.2, 0.25) is 5.88 Å². The lowest BCUT2D eigenvalue weighted by Crippen LogP contribution is -2.50. The molecule has 0 radical (unpaired) electrons. The molecule has 1 atom stereocenters. The maximum absolute atomic E-state index is 12.7. The molecular weight excluding hydrogens is 320 g/mol. The van der Waals surface area contributed by atoms with E-state index in [1.54, 1.807) is 0 Å². The summed E-state index contributed by atoms with van der Waals surface area (Å²) in [4.78, 5) is 16.8. The van der Waals surface area contributed by atoms with Crippen molar-refractivity contribution in [3.63, 3.8) is 0 Å². The van der Waals surface area contributed by atoms with Gasteiger partial charge in [-0.2, -0.15) is 0 Å². The number of anilines is 1. The van der Waals surface area contributed by atoms with E-state index in [1.807, 2.05) is 17.0 Å². The fourth-order valence-electron chi connectivity index (χ4n) is 4.30. The van der Waals surface area contributed by atoms with Crippen LogP contribution in [0.4, 0.5) is 5.82 Å². The Kier molecular flexibility index (Phi) is 3.58. The molecule has 4 aliphatic rings. The summed E-state index contributed by atoms with van der Waals surface area (Å²) >= 11 is 0. The molecule has 1 aliphatic carbocycles. The van der Waals surface area contributed by atoms with Gasteiger partial charge < -0.3 is 19.3 Å². The van der Waals surface area contributed by atoms with Crippen molar-refractivity contribution < 1.29 is 14.3 Å². The standard InChI is InChI=1S/C18H24N4O3/c23-17-18(25-16-5-2-10-22(16)17)8-11-21(12-9-18)14-6-7-15(20-19-14)24-13-3-1-4-13/h6-7,13,16H,1-5,8-12H2. The molecule has 7 nitrogen and oxygen atoms in total. The zero-order valence-electron chi connectivity index (χ0n) is 14.4. The summed E-state index contributed by atoms with van der Waals surface area (Å²) in [6, 6.07) is 3.87. The van der Waals surface area contributed by atoms with E-state index in [1.165, 1.54) is 6.42 Å². The first-order valence-electron chi connectivity index (χ1n) is 9.48. The topological polar surface area (TPSA) is 67.8 Å². The molecule has 1 amide bonds. The van der Waals surface area contributed by atoms with Crippen LogP contribution >= 0.6 is 0 Å². The summed E-state index contributed by atoms with van der Waals surface area (Å²) in [5.74, 6) is 1.66. The van der Waals surface area contributed by atoms with Crippen LogP contribution in [-0.2, 0) is 9.53 Å². The predicted molar refractivity (Wildman–Crippen MR) is 90.3 cm³/mol. The van der Waals surface area contributed by atoms with Gasteiger partial charge in [-0.15, -0.1) is 10.2 Å². The lowest BCUT2D eigenvalue weighted by molar-refractivity contribution is -0.139. The molecule has 3 saturated heterocycles. The Bertz CT molecular complexity index is 653. The third-order valence-corrected chi connectivity index (χ3v) is 6.07. The lowest BCUT2D eigenvalue weighted by Gasteiger charge is -2.37. The van der Waals surface area contributed by atoms with Gasteiger partial charge >= 0.3 is 0 Å². The molecule has 1 aromatic heterocycles. The highest BCUT2D eigenvalue weighted by atomic mass is 16.6. The number of ether oxygens (including phenoxy) is 2. The fourth-order valence-corrected chi connectivity index (χ4v) is 4.30. The van der Waals surface area contributed by atoms with Crippen molar-refractivity contribution in [1.82, 2.24) is 15.1 Å². The molecule has 1 saturated carbocycles. The van der Waals surface area contributed by atoms with Crippen LogP contribution in [0.1, 0.15) is 44.9 Å². The van der Waals surface area contributed by atoms with Crippen molar-refractivity contribution >= 4 is 11.7 Å².